The van der Waals surface area contributed by atoms with Crippen molar-refractivity contribution in [3.63, 3.8) is 0 Å². The second-order valence-corrected chi connectivity index (χ2v) is 7.42. The summed E-state index contributed by atoms with van der Waals surface area (Å²) in [7, 11) is 0. The summed E-state index contributed by atoms with van der Waals surface area (Å²) >= 11 is 0. The number of carbonyl (C=O) groups is 1. The number of pyridine rings is 1. The van der Waals surface area contributed by atoms with Crippen molar-refractivity contribution < 1.29 is 13.9 Å². The molecule has 3 aromatic heterocycles. The molecule has 1 unspecified atom stereocenters. The average molecular weight is 409 g/mol. The third-order valence-corrected chi connectivity index (χ3v) is 5.55. The summed E-state index contributed by atoms with van der Waals surface area (Å²) in [5, 5.41) is 2.89. The van der Waals surface area contributed by atoms with Gasteiger partial charge in [0.05, 0.1) is 18.9 Å². The lowest BCUT2D eigenvalue weighted by molar-refractivity contribution is -0.162. The van der Waals surface area contributed by atoms with E-state index < -0.39 is 17.5 Å². The van der Waals surface area contributed by atoms with Crippen LogP contribution in [0.4, 0.5) is 16.0 Å². The number of amides is 1. The Bertz CT molecular complexity index is 1030. The molecule has 1 spiro atoms. The van der Waals surface area contributed by atoms with Crippen molar-refractivity contribution in [3.05, 3.63) is 61.0 Å². The van der Waals surface area contributed by atoms with Crippen LogP contribution < -0.4 is 10.2 Å². The normalized spacial score (nSPS) is 20.0. The molecule has 0 radical (unpaired) electrons. The van der Waals surface area contributed by atoms with Gasteiger partial charge in [-0.2, -0.15) is 0 Å². The van der Waals surface area contributed by atoms with Crippen LogP contribution in [0, 0.1) is 5.82 Å². The van der Waals surface area contributed by atoms with Gasteiger partial charge in [-0.25, -0.2) is 19.3 Å². The van der Waals surface area contributed by atoms with E-state index in [2.05, 4.69) is 25.3 Å². The lowest BCUT2D eigenvalue weighted by atomic mass is 9.88. The van der Waals surface area contributed by atoms with E-state index in [-0.39, 0.29) is 5.91 Å². The van der Waals surface area contributed by atoms with Gasteiger partial charge in [0.1, 0.15) is 11.4 Å². The number of hydrogen-bond acceptors (Lipinski definition) is 7. The molecule has 30 heavy (non-hydrogen) atoms. The van der Waals surface area contributed by atoms with Gasteiger partial charge in [-0.15, -0.1) is 0 Å². The van der Waals surface area contributed by atoms with Crippen molar-refractivity contribution in [3.8, 4) is 0 Å². The van der Waals surface area contributed by atoms with E-state index in [0.29, 0.717) is 44.1 Å². The molecule has 10 heteroatoms. The second kappa shape index (κ2) is 7.45. The van der Waals surface area contributed by atoms with E-state index in [0.717, 1.165) is 18.2 Å². The molecule has 154 valence electrons. The minimum atomic E-state index is -0.668. The topological polar surface area (TPSA) is 98.1 Å². The van der Waals surface area contributed by atoms with Crippen molar-refractivity contribution in [2.45, 2.75) is 31.1 Å². The van der Waals surface area contributed by atoms with Crippen LogP contribution in [0.2, 0.25) is 0 Å². The van der Waals surface area contributed by atoms with E-state index in [1.54, 1.807) is 30.7 Å². The number of aromatic nitrogens is 5. The smallest absolute Gasteiger partial charge is 0.255 e. The zero-order chi connectivity index (χ0) is 20.6. The number of nitrogens with zero attached hydrogens (tertiary/aromatic N) is 6. The van der Waals surface area contributed by atoms with Gasteiger partial charge in [-0.05, 0) is 12.1 Å². The van der Waals surface area contributed by atoms with E-state index in [1.165, 1.54) is 0 Å². The molecule has 0 saturated carbocycles. The first-order valence-electron chi connectivity index (χ1n) is 9.76. The zero-order valence-electron chi connectivity index (χ0n) is 16.1. The minimum Gasteiger partial charge on any atom is -0.352 e. The second-order valence-electron chi connectivity index (χ2n) is 7.42. The number of ether oxygens (including phenoxy) is 1. The molecule has 1 fully saturated rings. The van der Waals surface area contributed by atoms with Gasteiger partial charge >= 0.3 is 0 Å². The van der Waals surface area contributed by atoms with Gasteiger partial charge in [0.25, 0.3) is 5.91 Å². The van der Waals surface area contributed by atoms with Crippen LogP contribution in [-0.4, -0.2) is 49.6 Å². The van der Waals surface area contributed by atoms with Crippen molar-refractivity contribution in [2.24, 2.45) is 0 Å². The van der Waals surface area contributed by atoms with E-state index in [9.17, 15) is 9.18 Å². The van der Waals surface area contributed by atoms with Gasteiger partial charge in [0.2, 0.25) is 5.95 Å². The highest BCUT2D eigenvalue weighted by molar-refractivity contribution is 5.94. The maximum Gasteiger partial charge on any atom is 0.255 e. The summed E-state index contributed by atoms with van der Waals surface area (Å²) in [6.07, 6.45) is 9.77. The first kappa shape index (κ1) is 18.6. The molecule has 1 N–H and O–H groups in total. The molecule has 2 aliphatic rings. The first-order chi connectivity index (χ1) is 14.6. The molecule has 0 aromatic carbocycles. The highest BCUT2D eigenvalue weighted by Gasteiger charge is 2.47. The fraction of sp³-hybridized carbons (Fsp3) is 0.350. The van der Waals surface area contributed by atoms with Gasteiger partial charge in [-0.3, -0.25) is 9.78 Å². The predicted molar refractivity (Wildman–Crippen MR) is 105 cm³/mol. The Morgan fingerprint density at radius 3 is 2.60 bits per heavy atom. The number of carbonyl (C=O) groups excluding carboxylic acids is 1. The Labute approximate surface area is 172 Å². The lowest BCUT2D eigenvalue weighted by Gasteiger charge is -2.45. The van der Waals surface area contributed by atoms with Crippen molar-refractivity contribution in [1.82, 2.24) is 24.5 Å². The fourth-order valence-corrected chi connectivity index (χ4v) is 4.07. The Balaban J connectivity index is 1.34. The molecule has 0 aliphatic carbocycles. The molecule has 3 aromatic rings. The molecule has 1 amide bonds. The Hall–Kier alpha value is -3.40. The standard InChI is InChI=1S/C20H20FN7O2/c21-14-11-24-19(25-12-14)27-8-3-20(4-9-27)18-23-7-10-28(18)13-16(30-20)17(29)26-15-1-5-22-6-2-15/h1-2,5-7,10-12,16H,3-4,8-9,13H2,(H,22,26,29). The number of rotatable bonds is 3. The number of imidazole rings is 1. The van der Waals surface area contributed by atoms with Crippen LogP contribution in [-0.2, 0) is 21.7 Å². The Morgan fingerprint density at radius 2 is 1.87 bits per heavy atom. The third kappa shape index (κ3) is 3.39. The number of fused-ring (bicyclic) bond motifs is 2. The van der Waals surface area contributed by atoms with Gasteiger partial charge in [-0.1, -0.05) is 0 Å². The number of hydrogen-bond donors (Lipinski definition) is 1. The van der Waals surface area contributed by atoms with Crippen molar-refractivity contribution in [2.75, 3.05) is 23.3 Å². The molecular weight excluding hydrogens is 389 g/mol. The van der Waals surface area contributed by atoms with Crippen molar-refractivity contribution >= 4 is 17.5 Å². The maximum atomic E-state index is 13.1. The van der Waals surface area contributed by atoms with Crippen LogP contribution in [0.3, 0.4) is 0 Å². The number of halogens is 1. The number of anilines is 2. The summed E-state index contributed by atoms with van der Waals surface area (Å²) in [4.78, 5) is 31.5. The maximum absolute atomic E-state index is 13.1. The molecular formula is C20H20FN7O2. The molecule has 5 rings (SSSR count). The highest BCUT2D eigenvalue weighted by atomic mass is 19.1. The summed E-state index contributed by atoms with van der Waals surface area (Å²) < 4.78 is 21.5. The van der Waals surface area contributed by atoms with E-state index in [4.69, 9.17) is 4.74 Å². The summed E-state index contributed by atoms with van der Waals surface area (Å²) in [5.74, 6) is 0.643. The molecule has 5 heterocycles. The van der Waals surface area contributed by atoms with E-state index in [1.807, 2.05) is 15.7 Å². The van der Waals surface area contributed by atoms with Crippen molar-refractivity contribution in [1.29, 1.82) is 0 Å². The summed E-state index contributed by atoms with van der Waals surface area (Å²) in [5.41, 5.74) is 0.00535. The Morgan fingerprint density at radius 1 is 1.13 bits per heavy atom. The molecule has 2 aliphatic heterocycles. The molecule has 9 nitrogen and oxygen atoms in total. The predicted octanol–water partition coefficient (Wildman–Crippen LogP) is 1.74. The molecule has 0 bridgehead atoms. The van der Waals surface area contributed by atoms with Gasteiger partial charge in [0, 0.05) is 56.4 Å². The molecule has 1 saturated heterocycles. The van der Waals surface area contributed by atoms with Crippen LogP contribution in [0.5, 0.6) is 0 Å². The Kier molecular flexibility index (Phi) is 4.62. The zero-order valence-corrected chi connectivity index (χ0v) is 16.1. The largest absolute Gasteiger partial charge is 0.352 e. The quantitative estimate of drug-likeness (QED) is 0.704. The average Bonchev–Trinajstić information content (AvgIpc) is 3.26. The molecule has 1 atom stereocenters. The summed E-state index contributed by atoms with van der Waals surface area (Å²) in [6.45, 7) is 1.62. The van der Waals surface area contributed by atoms with E-state index >= 15 is 0 Å². The highest BCUT2D eigenvalue weighted by Crippen LogP contribution is 2.40. The minimum absolute atomic E-state index is 0.204. The number of piperidine rings is 1. The lowest BCUT2D eigenvalue weighted by Crippen LogP contribution is -2.53. The summed E-state index contributed by atoms with van der Waals surface area (Å²) in [6, 6.07) is 3.47. The third-order valence-electron chi connectivity index (χ3n) is 5.55. The monoisotopic (exact) mass is 409 g/mol. The first-order valence-corrected chi connectivity index (χ1v) is 9.76. The number of nitrogens with one attached hydrogen (secondary N) is 1. The van der Waals surface area contributed by atoms with Crippen LogP contribution in [0.25, 0.3) is 0 Å². The SMILES string of the molecule is O=C(Nc1ccncc1)C1Cn2ccnc2C2(CCN(c3ncc(F)cn3)CC2)O1. The van der Waals surface area contributed by atoms with Gasteiger partial charge in [0.15, 0.2) is 11.9 Å². The van der Waals surface area contributed by atoms with Crippen LogP contribution >= 0.6 is 0 Å². The van der Waals surface area contributed by atoms with Crippen LogP contribution in [0.1, 0.15) is 18.7 Å². The van der Waals surface area contributed by atoms with Gasteiger partial charge < -0.3 is 19.5 Å². The fourth-order valence-electron chi connectivity index (χ4n) is 4.07. The van der Waals surface area contributed by atoms with Crippen LogP contribution in [0.15, 0.2) is 49.3 Å².